The molecule has 24 heavy (non-hydrogen) atoms. The van der Waals surface area contributed by atoms with Gasteiger partial charge in [-0.05, 0) is 49.9 Å². The summed E-state index contributed by atoms with van der Waals surface area (Å²) in [4.78, 5) is 27.1. The lowest BCUT2D eigenvalue weighted by Crippen LogP contribution is -2.51. The first-order valence-corrected chi connectivity index (χ1v) is 9.61. The van der Waals surface area contributed by atoms with Crippen molar-refractivity contribution < 1.29 is 9.59 Å². The highest BCUT2D eigenvalue weighted by Gasteiger charge is 2.39. The fraction of sp³-hybridized carbons (Fsp3) is 0.900. The second-order valence-corrected chi connectivity index (χ2v) is 9.83. The van der Waals surface area contributed by atoms with Crippen molar-refractivity contribution in [3.63, 3.8) is 0 Å². The van der Waals surface area contributed by atoms with Gasteiger partial charge >= 0.3 is 0 Å². The van der Waals surface area contributed by atoms with Gasteiger partial charge in [0.05, 0.1) is 0 Å². The van der Waals surface area contributed by atoms with E-state index in [1.165, 1.54) is 12.8 Å². The van der Waals surface area contributed by atoms with E-state index < -0.39 is 5.41 Å². The normalized spacial score (nSPS) is 28.8. The molecule has 4 heteroatoms. The van der Waals surface area contributed by atoms with Crippen molar-refractivity contribution in [3.05, 3.63) is 0 Å². The number of hydrogen-bond acceptors (Lipinski definition) is 2. The molecule has 1 saturated heterocycles. The Kier molecular flexibility index (Phi) is 5.66. The van der Waals surface area contributed by atoms with Crippen LogP contribution in [0.1, 0.15) is 80.1 Å². The molecule has 2 amide bonds. The third-order valence-electron chi connectivity index (χ3n) is 5.76. The molecule has 1 atom stereocenters. The Bertz CT molecular complexity index is 465. The van der Waals surface area contributed by atoms with Crippen LogP contribution in [0.2, 0.25) is 0 Å². The van der Waals surface area contributed by atoms with Crippen LogP contribution in [-0.2, 0) is 9.59 Å². The summed E-state index contributed by atoms with van der Waals surface area (Å²) in [6.07, 6.45) is 6.22. The third-order valence-corrected chi connectivity index (χ3v) is 5.76. The molecule has 0 bridgehead atoms. The van der Waals surface area contributed by atoms with Crippen molar-refractivity contribution in [1.82, 2.24) is 10.2 Å². The summed E-state index contributed by atoms with van der Waals surface area (Å²) < 4.78 is 0. The Morgan fingerprint density at radius 3 is 2.00 bits per heavy atom. The lowest BCUT2D eigenvalue weighted by molar-refractivity contribution is -0.145. The summed E-state index contributed by atoms with van der Waals surface area (Å²) in [5.41, 5.74) is -0.0655. The molecule has 1 heterocycles. The molecular weight excluding hydrogens is 300 g/mol. The van der Waals surface area contributed by atoms with Crippen LogP contribution in [0, 0.1) is 16.7 Å². The fourth-order valence-corrected chi connectivity index (χ4v) is 4.11. The van der Waals surface area contributed by atoms with E-state index in [1.54, 1.807) is 4.90 Å². The highest BCUT2D eigenvalue weighted by Crippen LogP contribution is 2.37. The SMILES string of the molecule is CC(C)(C)C(=O)N1CCC[C@H]1C(=O)NC1CCC(C(C)(C)C)CC1. The topological polar surface area (TPSA) is 49.4 Å². The quantitative estimate of drug-likeness (QED) is 0.835. The maximum Gasteiger partial charge on any atom is 0.243 e. The van der Waals surface area contributed by atoms with Crippen molar-refractivity contribution in [2.24, 2.45) is 16.7 Å². The third kappa shape index (κ3) is 4.52. The van der Waals surface area contributed by atoms with Crippen LogP contribution >= 0.6 is 0 Å². The molecule has 2 rings (SSSR count). The van der Waals surface area contributed by atoms with E-state index in [4.69, 9.17) is 0 Å². The van der Waals surface area contributed by atoms with Gasteiger partial charge in [-0.25, -0.2) is 0 Å². The van der Waals surface area contributed by atoms with Crippen molar-refractivity contribution in [2.75, 3.05) is 6.54 Å². The van der Waals surface area contributed by atoms with Crippen LogP contribution < -0.4 is 5.32 Å². The van der Waals surface area contributed by atoms with Gasteiger partial charge in [-0.2, -0.15) is 0 Å². The summed E-state index contributed by atoms with van der Waals surface area (Å²) >= 11 is 0. The molecule has 1 aliphatic carbocycles. The van der Waals surface area contributed by atoms with Crippen molar-refractivity contribution in [3.8, 4) is 0 Å². The van der Waals surface area contributed by atoms with Gasteiger partial charge in [0.25, 0.3) is 0 Å². The molecule has 0 aromatic heterocycles. The van der Waals surface area contributed by atoms with E-state index in [1.807, 2.05) is 20.8 Å². The van der Waals surface area contributed by atoms with E-state index >= 15 is 0 Å². The summed E-state index contributed by atoms with van der Waals surface area (Å²) in [5, 5.41) is 3.24. The van der Waals surface area contributed by atoms with Gasteiger partial charge in [0.1, 0.15) is 6.04 Å². The summed E-state index contributed by atoms with van der Waals surface area (Å²) in [5.74, 6) is 0.900. The molecule has 138 valence electrons. The first-order valence-electron chi connectivity index (χ1n) is 9.61. The summed E-state index contributed by atoms with van der Waals surface area (Å²) in [7, 11) is 0. The molecule has 2 aliphatic rings. The van der Waals surface area contributed by atoms with Crippen molar-refractivity contribution in [1.29, 1.82) is 0 Å². The molecular formula is C20H36N2O2. The smallest absolute Gasteiger partial charge is 0.243 e. The zero-order valence-electron chi connectivity index (χ0n) is 16.4. The van der Waals surface area contributed by atoms with Crippen molar-refractivity contribution >= 4 is 11.8 Å². The van der Waals surface area contributed by atoms with Gasteiger partial charge in [-0.1, -0.05) is 41.5 Å². The van der Waals surface area contributed by atoms with Crippen LogP contribution in [-0.4, -0.2) is 35.3 Å². The first-order chi connectivity index (χ1) is 11.0. The molecule has 0 aromatic carbocycles. The van der Waals surface area contributed by atoms with Gasteiger partial charge in [0.2, 0.25) is 11.8 Å². The second-order valence-electron chi connectivity index (χ2n) is 9.83. The van der Waals surface area contributed by atoms with Crippen LogP contribution in [0.5, 0.6) is 0 Å². The van der Waals surface area contributed by atoms with Crippen LogP contribution in [0.25, 0.3) is 0 Å². The molecule has 2 fully saturated rings. The molecule has 0 spiro atoms. The van der Waals surface area contributed by atoms with E-state index in [2.05, 4.69) is 26.1 Å². The Balaban J connectivity index is 1.90. The number of rotatable bonds is 2. The van der Waals surface area contributed by atoms with Gasteiger partial charge in [-0.3, -0.25) is 9.59 Å². The minimum absolute atomic E-state index is 0.0595. The predicted octanol–water partition coefficient (Wildman–Crippen LogP) is 3.74. The summed E-state index contributed by atoms with van der Waals surface area (Å²) in [6.45, 7) is 13.4. The molecule has 4 nitrogen and oxygen atoms in total. The number of nitrogens with zero attached hydrogens (tertiary/aromatic N) is 1. The minimum Gasteiger partial charge on any atom is -0.352 e. The van der Waals surface area contributed by atoms with E-state index in [9.17, 15) is 9.59 Å². The average molecular weight is 337 g/mol. The number of nitrogens with one attached hydrogen (secondary N) is 1. The highest BCUT2D eigenvalue weighted by molar-refractivity contribution is 5.90. The number of amides is 2. The molecule has 0 radical (unpaired) electrons. The Morgan fingerprint density at radius 1 is 0.917 bits per heavy atom. The van der Waals surface area contributed by atoms with E-state index in [-0.39, 0.29) is 23.9 Å². The van der Waals surface area contributed by atoms with Crippen LogP contribution in [0.15, 0.2) is 0 Å². The maximum atomic E-state index is 12.7. The zero-order chi connectivity index (χ0) is 18.1. The Morgan fingerprint density at radius 2 is 1.50 bits per heavy atom. The van der Waals surface area contributed by atoms with Crippen LogP contribution in [0.3, 0.4) is 0 Å². The van der Waals surface area contributed by atoms with Gasteiger partial charge in [0, 0.05) is 18.0 Å². The Hall–Kier alpha value is -1.06. The average Bonchev–Trinajstić information content (AvgIpc) is 2.94. The predicted molar refractivity (Wildman–Crippen MR) is 97.5 cm³/mol. The lowest BCUT2D eigenvalue weighted by Gasteiger charge is -2.38. The maximum absolute atomic E-state index is 12.7. The standard InChI is InChI=1S/C20H36N2O2/c1-19(2,3)14-9-11-15(12-10-14)21-17(23)16-8-7-13-22(16)18(24)20(4,5)6/h14-16H,7-13H2,1-6H3,(H,21,23)/t14?,15?,16-/m0/s1. The van der Waals surface area contributed by atoms with Gasteiger partial charge < -0.3 is 10.2 Å². The monoisotopic (exact) mass is 336 g/mol. The van der Waals surface area contributed by atoms with E-state index in [0.717, 1.165) is 31.6 Å². The van der Waals surface area contributed by atoms with E-state index in [0.29, 0.717) is 12.0 Å². The second kappa shape index (κ2) is 7.05. The van der Waals surface area contributed by atoms with Crippen molar-refractivity contribution in [2.45, 2.75) is 92.2 Å². The zero-order valence-corrected chi connectivity index (χ0v) is 16.4. The summed E-state index contributed by atoms with van der Waals surface area (Å²) in [6, 6.07) is 0.0142. The fourth-order valence-electron chi connectivity index (χ4n) is 4.11. The minimum atomic E-state index is -0.423. The lowest BCUT2D eigenvalue weighted by atomic mass is 9.71. The molecule has 1 saturated carbocycles. The first kappa shape index (κ1) is 19.3. The number of carbonyl (C=O) groups is 2. The number of likely N-dealkylation sites (tertiary alicyclic amines) is 1. The molecule has 0 aromatic rings. The largest absolute Gasteiger partial charge is 0.352 e. The number of hydrogen-bond donors (Lipinski definition) is 1. The number of carbonyl (C=O) groups excluding carboxylic acids is 2. The van der Waals surface area contributed by atoms with Gasteiger partial charge in [0.15, 0.2) is 0 Å². The Labute approximate surface area is 147 Å². The molecule has 1 N–H and O–H groups in total. The molecule has 0 unspecified atom stereocenters. The van der Waals surface area contributed by atoms with Gasteiger partial charge in [-0.15, -0.1) is 0 Å². The highest BCUT2D eigenvalue weighted by atomic mass is 16.2. The molecule has 1 aliphatic heterocycles. The van der Waals surface area contributed by atoms with Crippen LogP contribution in [0.4, 0.5) is 0 Å².